The summed E-state index contributed by atoms with van der Waals surface area (Å²) in [6.07, 6.45) is 4.11. The predicted octanol–water partition coefficient (Wildman–Crippen LogP) is 2.02. The van der Waals surface area contributed by atoms with Gasteiger partial charge in [-0.3, -0.25) is 4.79 Å². The molecule has 1 amide bonds. The second-order valence-corrected chi connectivity index (χ2v) is 6.80. The molecule has 0 saturated carbocycles. The smallest absolute Gasteiger partial charge is 0.253 e. The third-order valence-corrected chi connectivity index (χ3v) is 4.24. The van der Waals surface area contributed by atoms with Crippen LogP contribution in [0.4, 0.5) is 0 Å². The summed E-state index contributed by atoms with van der Waals surface area (Å²) in [5.74, 6) is 2.86. The van der Waals surface area contributed by atoms with Crippen molar-refractivity contribution in [2.75, 3.05) is 6.61 Å². The van der Waals surface area contributed by atoms with E-state index in [0.717, 1.165) is 37.5 Å². The van der Waals surface area contributed by atoms with Crippen molar-refractivity contribution in [1.29, 1.82) is 0 Å². The number of nitrogens with one attached hydrogen (secondary N) is 1. The highest BCUT2D eigenvalue weighted by atomic mass is 16.5. The van der Waals surface area contributed by atoms with E-state index in [2.05, 4.69) is 45.8 Å². The predicted molar refractivity (Wildman–Crippen MR) is 93.5 cm³/mol. The van der Waals surface area contributed by atoms with Crippen molar-refractivity contribution in [2.24, 2.45) is 5.92 Å². The number of aryl methyl sites for hydroxylation is 2. The Bertz CT molecular complexity index is 710. The first-order valence-electron chi connectivity index (χ1n) is 8.87. The van der Waals surface area contributed by atoms with E-state index in [1.807, 2.05) is 0 Å². The molecule has 0 saturated heterocycles. The van der Waals surface area contributed by atoms with Crippen LogP contribution in [0.15, 0.2) is 18.3 Å². The van der Waals surface area contributed by atoms with E-state index in [1.165, 1.54) is 0 Å². The molecule has 7 nitrogen and oxygen atoms in total. The van der Waals surface area contributed by atoms with Crippen molar-refractivity contribution in [3.8, 4) is 5.88 Å². The van der Waals surface area contributed by atoms with Gasteiger partial charge in [0.15, 0.2) is 0 Å². The summed E-state index contributed by atoms with van der Waals surface area (Å²) >= 11 is 0. The number of pyridine rings is 1. The van der Waals surface area contributed by atoms with Gasteiger partial charge in [-0.05, 0) is 18.4 Å². The third kappa shape index (κ3) is 4.15. The summed E-state index contributed by atoms with van der Waals surface area (Å²) in [6.45, 7) is 7.56. The summed E-state index contributed by atoms with van der Waals surface area (Å²) in [6, 6.07) is 3.58. The first-order valence-corrected chi connectivity index (χ1v) is 8.87. The van der Waals surface area contributed by atoms with E-state index < -0.39 is 0 Å². The molecule has 7 heteroatoms. The minimum Gasteiger partial charge on any atom is -0.477 e. The Morgan fingerprint density at radius 3 is 2.92 bits per heavy atom. The van der Waals surface area contributed by atoms with Crippen molar-refractivity contribution in [3.05, 3.63) is 35.5 Å². The average Bonchev–Trinajstić information content (AvgIpc) is 3.02. The van der Waals surface area contributed by atoms with E-state index in [0.29, 0.717) is 24.0 Å². The van der Waals surface area contributed by atoms with Crippen LogP contribution in [-0.4, -0.2) is 38.3 Å². The quantitative estimate of drug-likeness (QED) is 0.868. The third-order valence-electron chi connectivity index (χ3n) is 4.24. The van der Waals surface area contributed by atoms with Gasteiger partial charge in [-0.15, -0.1) is 10.2 Å². The van der Waals surface area contributed by atoms with Gasteiger partial charge in [0.05, 0.1) is 12.2 Å². The Kier molecular flexibility index (Phi) is 5.31. The van der Waals surface area contributed by atoms with Crippen molar-refractivity contribution in [2.45, 2.75) is 52.6 Å². The van der Waals surface area contributed by atoms with Gasteiger partial charge in [-0.1, -0.05) is 20.8 Å². The molecule has 0 spiro atoms. The van der Waals surface area contributed by atoms with Crippen molar-refractivity contribution < 1.29 is 9.53 Å². The molecule has 1 aliphatic heterocycles. The van der Waals surface area contributed by atoms with Gasteiger partial charge in [0.1, 0.15) is 11.6 Å². The molecule has 0 aromatic carbocycles. The molecule has 25 heavy (non-hydrogen) atoms. The van der Waals surface area contributed by atoms with Crippen LogP contribution in [0, 0.1) is 5.92 Å². The molecule has 3 heterocycles. The van der Waals surface area contributed by atoms with Crippen LogP contribution in [0.2, 0.25) is 0 Å². The maximum absolute atomic E-state index is 12.5. The Hall–Kier alpha value is -2.44. The van der Waals surface area contributed by atoms with E-state index in [1.54, 1.807) is 18.3 Å². The van der Waals surface area contributed by atoms with E-state index in [-0.39, 0.29) is 11.9 Å². The second-order valence-electron chi connectivity index (χ2n) is 6.80. The molecule has 1 unspecified atom stereocenters. The zero-order chi connectivity index (χ0) is 17.8. The lowest BCUT2D eigenvalue weighted by atomic mass is 10.1. The number of hydrogen-bond acceptors (Lipinski definition) is 5. The van der Waals surface area contributed by atoms with Gasteiger partial charge in [0, 0.05) is 37.7 Å². The van der Waals surface area contributed by atoms with E-state index >= 15 is 0 Å². The van der Waals surface area contributed by atoms with Gasteiger partial charge in [-0.25, -0.2) is 4.98 Å². The Morgan fingerprint density at radius 2 is 2.24 bits per heavy atom. The number of rotatable bonds is 6. The van der Waals surface area contributed by atoms with Crippen molar-refractivity contribution >= 4 is 5.91 Å². The van der Waals surface area contributed by atoms with Gasteiger partial charge in [0.2, 0.25) is 5.88 Å². The normalized spacial score (nSPS) is 16.6. The molecule has 1 atom stereocenters. The fourth-order valence-electron chi connectivity index (χ4n) is 2.88. The highest BCUT2D eigenvalue weighted by molar-refractivity contribution is 5.94. The monoisotopic (exact) mass is 343 g/mol. The second kappa shape index (κ2) is 7.63. The number of aromatic nitrogens is 4. The molecule has 2 aromatic rings. The largest absolute Gasteiger partial charge is 0.477 e. The Balaban J connectivity index is 1.59. The lowest BCUT2D eigenvalue weighted by Gasteiger charge is -2.25. The fourth-order valence-corrected chi connectivity index (χ4v) is 2.88. The maximum atomic E-state index is 12.5. The SMILES string of the molecule is CCc1nnc2n1CC(NC(=O)c1ccc(OCC(C)C)nc1)CC2. The number of fused-ring (bicyclic) bond motifs is 1. The first-order chi connectivity index (χ1) is 12.1. The summed E-state index contributed by atoms with van der Waals surface area (Å²) in [7, 11) is 0. The highest BCUT2D eigenvalue weighted by Gasteiger charge is 2.23. The number of carbonyl (C=O) groups excluding carboxylic acids is 1. The van der Waals surface area contributed by atoms with E-state index in [4.69, 9.17) is 4.74 Å². The van der Waals surface area contributed by atoms with Crippen LogP contribution >= 0.6 is 0 Å². The lowest BCUT2D eigenvalue weighted by Crippen LogP contribution is -2.41. The molecule has 1 N–H and O–H groups in total. The summed E-state index contributed by atoms with van der Waals surface area (Å²) in [5, 5.41) is 11.5. The Morgan fingerprint density at radius 1 is 1.40 bits per heavy atom. The van der Waals surface area contributed by atoms with Crippen LogP contribution in [0.3, 0.4) is 0 Å². The Labute approximate surface area is 147 Å². The number of ether oxygens (including phenoxy) is 1. The number of carbonyl (C=O) groups is 1. The molecule has 0 aliphatic carbocycles. The van der Waals surface area contributed by atoms with Crippen LogP contribution < -0.4 is 10.1 Å². The fraction of sp³-hybridized carbons (Fsp3) is 0.556. The van der Waals surface area contributed by atoms with Crippen LogP contribution in [0.1, 0.15) is 49.2 Å². The maximum Gasteiger partial charge on any atom is 0.253 e. The first kappa shape index (κ1) is 17.4. The van der Waals surface area contributed by atoms with Gasteiger partial charge >= 0.3 is 0 Å². The van der Waals surface area contributed by atoms with E-state index in [9.17, 15) is 4.79 Å². The standard InChI is InChI=1S/C18H25N5O2/c1-4-15-21-22-16-7-6-14(10-23(15)16)20-18(24)13-5-8-17(19-9-13)25-11-12(2)3/h5,8-9,12,14H,4,6-7,10-11H2,1-3H3,(H,20,24). The minimum absolute atomic E-state index is 0.0816. The van der Waals surface area contributed by atoms with Crippen LogP contribution in [-0.2, 0) is 19.4 Å². The number of nitrogens with zero attached hydrogens (tertiary/aromatic N) is 4. The molecule has 0 radical (unpaired) electrons. The molecule has 1 aliphatic rings. The molecule has 3 rings (SSSR count). The molecule has 0 bridgehead atoms. The number of hydrogen-bond donors (Lipinski definition) is 1. The summed E-state index contributed by atoms with van der Waals surface area (Å²) < 4.78 is 7.67. The summed E-state index contributed by atoms with van der Waals surface area (Å²) in [4.78, 5) is 16.7. The highest BCUT2D eigenvalue weighted by Crippen LogP contribution is 2.16. The molecule has 2 aromatic heterocycles. The van der Waals surface area contributed by atoms with Crippen molar-refractivity contribution in [1.82, 2.24) is 25.1 Å². The summed E-state index contributed by atoms with van der Waals surface area (Å²) in [5.41, 5.74) is 0.544. The minimum atomic E-state index is -0.109. The van der Waals surface area contributed by atoms with Gasteiger partial charge in [-0.2, -0.15) is 0 Å². The molecular weight excluding hydrogens is 318 g/mol. The average molecular weight is 343 g/mol. The van der Waals surface area contributed by atoms with Crippen LogP contribution in [0.5, 0.6) is 5.88 Å². The van der Waals surface area contributed by atoms with Gasteiger partial charge in [0.25, 0.3) is 5.91 Å². The lowest BCUT2D eigenvalue weighted by molar-refractivity contribution is 0.0926. The topological polar surface area (TPSA) is 81.9 Å². The number of amides is 1. The van der Waals surface area contributed by atoms with Crippen molar-refractivity contribution in [3.63, 3.8) is 0 Å². The molecular formula is C18H25N5O2. The zero-order valence-electron chi connectivity index (χ0n) is 15.0. The molecule has 134 valence electrons. The molecule has 0 fully saturated rings. The zero-order valence-corrected chi connectivity index (χ0v) is 15.0. The van der Waals surface area contributed by atoms with Crippen LogP contribution in [0.25, 0.3) is 0 Å². The van der Waals surface area contributed by atoms with Gasteiger partial charge < -0.3 is 14.6 Å².